The molecule has 2 atom stereocenters. The zero-order valence-electron chi connectivity index (χ0n) is 10.7. The first-order valence-electron chi connectivity index (χ1n) is 5.21. The van der Waals surface area contributed by atoms with Crippen LogP contribution in [0.1, 0.15) is 13.8 Å². The number of rotatable bonds is 8. The molecule has 0 aromatic carbocycles. The van der Waals surface area contributed by atoms with Crippen LogP contribution in [0, 0.1) is 0 Å². The molecule has 0 saturated carbocycles. The smallest absolute Gasteiger partial charge is 0.303 e. The third-order valence-corrected chi connectivity index (χ3v) is 2.51. The van der Waals surface area contributed by atoms with Crippen LogP contribution in [0.4, 0.5) is 0 Å². The molecule has 0 rings (SSSR count). The zero-order chi connectivity index (χ0) is 15.5. The fourth-order valence-corrected chi connectivity index (χ4v) is 1.65. The Bertz CT molecular complexity index is 446. The highest BCUT2D eigenvalue weighted by atomic mass is 127. The molecule has 0 aromatic heterocycles. The van der Waals surface area contributed by atoms with Crippen molar-refractivity contribution >= 4 is 41.0 Å². The molecule has 20 heavy (non-hydrogen) atoms. The topological polar surface area (TPSA) is 128 Å². The summed E-state index contributed by atoms with van der Waals surface area (Å²) in [4.78, 5) is 35.0. The van der Waals surface area contributed by atoms with Gasteiger partial charge in [0.1, 0.15) is 6.61 Å². The Morgan fingerprint density at radius 3 is 2.45 bits per heavy atom. The van der Waals surface area contributed by atoms with E-state index < -0.39 is 24.1 Å². The maximum absolute atomic E-state index is 11.1. The summed E-state index contributed by atoms with van der Waals surface area (Å²) >= 11 is 1.77. The van der Waals surface area contributed by atoms with Crippen molar-refractivity contribution < 1.29 is 28.6 Å². The van der Waals surface area contributed by atoms with Crippen molar-refractivity contribution in [2.24, 2.45) is 5.11 Å². The highest BCUT2D eigenvalue weighted by Gasteiger charge is 2.30. The first-order chi connectivity index (χ1) is 9.46. The average molecular weight is 397 g/mol. The van der Waals surface area contributed by atoms with Gasteiger partial charge in [-0.2, -0.15) is 0 Å². The van der Waals surface area contributed by atoms with Crippen molar-refractivity contribution in [1.29, 1.82) is 0 Å². The van der Waals surface area contributed by atoms with E-state index in [1.54, 1.807) is 22.6 Å². The first kappa shape index (κ1) is 18.2. The quantitative estimate of drug-likeness (QED) is 0.116. The molecule has 0 heterocycles. The average Bonchev–Trinajstić information content (AvgIpc) is 2.38. The number of hydrogen-bond donors (Lipinski definition) is 0. The zero-order valence-corrected chi connectivity index (χ0v) is 12.8. The van der Waals surface area contributed by atoms with Gasteiger partial charge in [0.05, 0.1) is 5.70 Å². The second kappa shape index (κ2) is 10.0. The molecular formula is C10H12IN3O6. The predicted octanol–water partition coefficient (Wildman–Crippen LogP) is 1.61. The Hall–Kier alpha value is -1.81. The summed E-state index contributed by atoms with van der Waals surface area (Å²) in [5, 5.41) is 3.35. The van der Waals surface area contributed by atoms with Crippen molar-refractivity contribution in [2.45, 2.75) is 26.1 Å². The summed E-state index contributed by atoms with van der Waals surface area (Å²) in [6.45, 7) is 2.07. The van der Waals surface area contributed by atoms with Crippen LogP contribution in [0.3, 0.4) is 0 Å². The van der Waals surface area contributed by atoms with Gasteiger partial charge in [-0.1, -0.05) is 27.7 Å². The minimum atomic E-state index is -1.18. The van der Waals surface area contributed by atoms with E-state index in [-0.39, 0.29) is 18.8 Å². The summed E-state index contributed by atoms with van der Waals surface area (Å²) in [5.41, 5.74) is 8.47. The van der Waals surface area contributed by atoms with Gasteiger partial charge < -0.3 is 14.2 Å². The van der Waals surface area contributed by atoms with Crippen LogP contribution in [0.5, 0.6) is 0 Å². The van der Waals surface area contributed by atoms with E-state index in [4.69, 9.17) is 19.7 Å². The summed E-state index contributed by atoms with van der Waals surface area (Å²) in [7, 11) is 0. The summed E-state index contributed by atoms with van der Waals surface area (Å²) in [6, 6.07) is 0. The summed E-state index contributed by atoms with van der Waals surface area (Å²) in [5.74, 6) is -1.28. The van der Waals surface area contributed by atoms with E-state index in [1.807, 2.05) is 0 Å². The highest BCUT2D eigenvalue weighted by molar-refractivity contribution is 14.1. The van der Waals surface area contributed by atoms with Crippen molar-refractivity contribution in [3.8, 4) is 0 Å². The molecule has 0 unspecified atom stereocenters. The summed E-state index contributed by atoms with van der Waals surface area (Å²) < 4.78 is 15.7. The molecule has 0 bridgehead atoms. The van der Waals surface area contributed by atoms with Crippen molar-refractivity contribution in [3.63, 3.8) is 0 Å². The Kier molecular flexibility index (Phi) is 9.13. The highest BCUT2D eigenvalue weighted by Crippen LogP contribution is 2.18. The SMILES string of the molecule is CC(=O)OC[C@@H](OC=O)[C@@H](OC(C)=O)/C(=C/I)N=[N+]=[N-]. The number of carbonyl (C=O) groups is 3. The number of nitrogens with zero attached hydrogens (tertiary/aromatic N) is 3. The number of carbonyl (C=O) groups excluding carboxylic acids is 3. The van der Waals surface area contributed by atoms with Crippen LogP contribution in [0.25, 0.3) is 10.4 Å². The number of hydrogen-bond acceptors (Lipinski definition) is 7. The minimum absolute atomic E-state index is 0.0160. The summed E-state index contributed by atoms with van der Waals surface area (Å²) in [6.07, 6.45) is -2.29. The van der Waals surface area contributed by atoms with Gasteiger partial charge in [0.15, 0.2) is 12.2 Å². The molecule has 0 aromatic rings. The lowest BCUT2D eigenvalue weighted by atomic mass is 10.1. The fraction of sp³-hybridized carbons (Fsp3) is 0.500. The number of ether oxygens (including phenoxy) is 3. The molecular weight excluding hydrogens is 385 g/mol. The molecule has 9 nitrogen and oxygen atoms in total. The molecule has 0 aliphatic heterocycles. The second-order valence-corrected chi connectivity index (χ2v) is 3.95. The molecule has 0 saturated heterocycles. The molecule has 10 heteroatoms. The van der Waals surface area contributed by atoms with E-state index >= 15 is 0 Å². The Labute approximate surface area is 128 Å². The number of esters is 2. The maximum Gasteiger partial charge on any atom is 0.303 e. The maximum atomic E-state index is 11.1. The van der Waals surface area contributed by atoms with Gasteiger partial charge in [0.25, 0.3) is 6.47 Å². The number of azide groups is 1. The first-order valence-corrected chi connectivity index (χ1v) is 6.45. The van der Waals surface area contributed by atoms with Crippen molar-refractivity contribution in [3.05, 3.63) is 20.2 Å². The molecule has 0 aliphatic rings. The van der Waals surface area contributed by atoms with E-state index in [0.29, 0.717) is 0 Å². The molecule has 0 radical (unpaired) electrons. The molecule has 0 spiro atoms. The van der Waals surface area contributed by atoms with Crippen molar-refractivity contribution in [2.75, 3.05) is 6.61 Å². The van der Waals surface area contributed by atoms with Gasteiger partial charge >= 0.3 is 11.9 Å². The Morgan fingerprint density at radius 2 is 2.05 bits per heavy atom. The van der Waals surface area contributed by atoms with Crippen LogP contribution in [0.15, 0.2) is 14.9 Å². The molecule has 0 fully saturated rings. The normalized spacial score (nSPS) is 13.4. The van der Waals surface area contributed by atoms with E-state index in [1.165, 1.54) is 11.0 Å². The van der Waals surface area contributed by atoms with Crippen LogP contribution >= 0.6 is 22.6 Å². The standard InChI is InChI=1S/C10H12IN3O6/c1-6(16)18-4-9(19-5-15)10(20-7(2)17)8(3-11)13-14-12/h3,5,9-10H,4H2,1-2H3/b8-3-/t9-,10+/m1/s1. The van der Waals surface area contributed by atoms with E-state index in [0.717, 1.165) is 6.92 Å². The van der Waals surface area contributed by atoms with Gasteiger partial charge in [0.2, 0.25) is 0 Å². The molecule has 0 amide bonds. The molecule has 110 valence electrons. The van der Waals surface area contributed by atoms with Gasteiger partial charge in [-0.05, 0) is 9.61 Å². The van der Waals surface area contributed by atoms with Crippen LogP contribution in [0.2, 0.25) is 0 Å². The molecule has 0 N–H and O–H groups in total. The Balaban J connectivity index is 5.27. The largest absolute Gasteiger partial charge is 0.462 e. The lowest BCUT2D eigenvalue weighted by molar-refractivity contribution is -0.164. The second-order valence-electron chi connectivity index (χ2n) is 3.33. The monoisotopic (exact) mass is 397 g/mol. The minimum Gasteiger partial charge on any atom is -0.462 e. The lowest BCUT2D eigenvalue weighted by Gasteiger charge is -2.24. The van der Waals surface area contributed by atoms with E-state index in [2.05, 4.69) is 10.0 Å². The van der Waals surface area contributed by atoms with Gasteiger partial charge in [-0.15, -0.1) is 0 Å². The third kappa shape index (κ3) is 6.95. The van der Waals surface area contributed by atoms with Crippen LogP contribution in [-0.4, -0.2) is 37.2 Å². The van der Waals surface area contributed by atoms with Crippen LogP contribution in [-0.2, 0) is 28.6 Å². The third-order valence-electron chi connectivity index (χ3n) is 1.88. The van der Waals surface area contributed by atoms with Gasteiger partial charge in [-0.25, -0.2) is 0 Å². The lowest BCUT2D eigenvalue weighted by Crippen LogP contribution is -2.38. The van der Waals surface area contributed by atoms with Crippen LogP contribution < -0.4 is 0 Å². The Morgan fingerprint density at radius 1 is 1.40 bits per heavy atom. The predicted molar refractivity (Wildman–Crippen MR) is 74.4 cm³/mol. The fourth-order valence-electron chi connectivity index (χ4n) is 1.17. The molecule has 0 aliphatic carbocycles. The van der Waals surface area contributed by atoms with Crippen molar-refractivity contribution in [1.82, 2.24) is 0 Å². The van der Waals surface area contributed by atoms with Gasteiger partial charge in [0, 0.05) is 18.8 Å². The van der Waals surface area contributed by atoms with Gasteiger partial charge in [-0.3, -0.25) is 14.4 Å². The van der Waals surface area contributed by atoms with E-state index in [9.17, 15) is 14.4 Å². The number of halogens is 1.